The number of non-ortho nitro benzene ring substituents is 1. The fourth-order valence-corrected chi connectivity index (χ4v) is 7.36. The molecule has 3 N–H and O–H groups in total. The monoisotopic (exact) mass is 578 g/mol. The Kier molecular flexibility index (Phi) is 14.5. The third-order valence-corrected chi connectivity index (χ3v) is 9.90. The molecule has 0 fully saturated rings. The third-order valence-electron chi connectivity index (χ3n) is 7.29. The van der Waals surface area contributed by atoms with E-state index in [0.717, 1.165) is 19.3 Å². The minimum Gasteiger partial charge on any atom is -0.394 e. The van der Waals surface area contributed by atoms with E-state index in [1.807, 2.05) is 0 Å². The fraction of sp³-hybridized carbons (Fsp3) is 0.424. The molecule has 3 aromatic carbocycles. The molecule has 1 amide bonds. The van der Waals surface area contributed by atoms with Gasteiger partial charge in [0.1, 0.15) is 6.10 Å². The minimum atomic E-state index is -1.14. The van der Waals surface area contributed by atoms with Crippen LogP contribution in [0.3, 0.4) is 0 Å². The molecule has 220 valence electrons. The maximum absolute atomic E-state index is 12.3. The molecule has 41 heavy (non-hydrogen) atoms. The van der Waals surface area contributed by atoms with E-state index in [2.05, 4.69) is 66.0 Å². The average molecular weight is 579 g/mol. The first-order valence-electron chi connectivity index (χ1n) is 14.7. The zero-order chi connectivity index (χ0) is 29.3. The minimum absolute atomic E-state index is 0.0814. The van der Waals surface area contributed by atoms with Crippen LogP contribution in [0.25, 0.3) is 0 Å². The zero-order valence-corrected chi connectivity index (χ0v) is 24.6. The van der Waals surface area contributed by atoms with Crippen molar-refractivity contribution in [2.24, 2.45) is 0 Å². The highest BCUT2D eigenvalue weighted by Crippen LogP contribution is 2.34. The van der Waals surface area contributed by atoms with Crippen molar-refractivity contribution >= 4 is 30.1 Å². The summed E-state index contributed by atoms with van der Waals surface area (Å²) >= 11 is 0. The van der Waals surface area contributed by atoms with Gasteiger partial charge in [0, 0.05) is 18.6 Å². The number of carbonyl (C=O) groups is 1. The molecule has 2 atom stereocenters. The van der Waals surface area contributed by atoms with E-state index in [-0.39, 0.29) is 19.5 Å². The first-order chi connectivity index (χ1) is 20.0. The Balaban J connectivity index is 1.24. The molecule has 0 bridgehead atoms. The van der Waals surface area contributed by atoms with E-state index < -0.39 is 23.7 Å². The number of carbonyl (C=O) groups excluding carboxylic acids is 1. The van der Waals surface area contributed by atoms with Gasteiger partial charge >= 0.3 is 0 Å². The van der Waals surface area contributed by atoms with Gasteiger partial charge in [-0.1, -0.05) is 106 Å². The van der Waals surface area contributed by atoms with E-state index in [9.17, 15) is 25.1 Å². The number of nitro benzene ring substituents is 1. The summed E-state index contributed by atoms with van der Waals surface area (Å²) in [5, 5.41) is 36.5. The number of rotatable bonds is 19. The van der Waals surface area contributed by atoms with Gasteiger partial charge in [-0.15, -0.1) is 0 Å². The summed E-state index contributed by atoms with van der Waals surface area (Å²) in [6.07, 6.45) is 10.6. The summed E-state index contributed by atoms with van der Waals surface area (Å²) in [5.41, 5.74) is 0.324. The number of hydrogen-bond donors (Lipinski definition) is 3. The largest absolute Gasteiger partial charge is 0.394 e. The van der Waals surface area contributed by atoms with Crippen molar-refractivity contribution in [2.45, 2.75) is 76.4 Å². The van der Waals surface area contributed by atoms with Gasteiger partial charge in [0.25, 0.3) is 5.69 Å². The van der Waals surface area contributed by atoms with Crippen LogP contribution in [0.15, 0.2) is 84.9 Å². The molecule has 0 saturated carbocycles. The standard InChI is InChI=1S/C33H43N2O5P/c36-26-31(33(38)27-21-23-28(24-22-27)35(39)40)34-32(37)20-14-6-4-2-1-3-5-7-15-25-41(29-16-10-8-11-17-29)30-18-12-9-13-19-30/h8-13,16-19,21-24,31,33,36,38H,1-7,14-15,20,25-26H2,(H,34,37). The lowest BCUT2D eigenvalue weighted by molar-refractivity contribution is -0.384. The number of benzene rings is 3. The summed E-state index contributed by atoms with van der Waals surface area (Å²) in [7, 11) is -0.300. The van der Waals surface area contributed by atoms with Crippen molar-refractivity contribution in [1.82, 2.24) is 5.32 Å². The molecule has 0 aromatic heterocycles. The second-order valence-electron chi connectivity index (χ2n) is 10.4. The van der Waals surface area contributed by atoms with Crippen LogP contribution in [-0.4, -0.2) is 39.9 Å². The summed E-state index contributed by atoms with van der Waals surface area (Å²) < 4.78 is 0. The molecule has 3 rings (SSSR count). The molecule has 2 unspecified atom stereocenters. The van der Waals surface area contributed by atoms with E-state index in [1.54, 1.807) is 0 Å². The van der Waals surface area contributed by atoms with Crippen molar-refractivity contribution < 1.29 is 19.9 Å². The van der Waals surface area contributed by atoms with Crippen molar-refractivity contribution in [3.8, 4) is 0 Å². The Morgan fingerprint density at radius 3 is 1.73 bits per heavy atom. The van der Waals surface area contributed by atoms with Gasteiger partial charge in [-0.05, 0) is 55.2 Å². The van der Waals surface area contributed by atoms with Crippen LogP contribution in [0.1, 0.15) is 75.9 Å². The number of nitro groups is 1. The number of nitrogens with zero attached hydrogens (tertiary/aromatic N) is 1. The molecule has 0 saturated heterocycles. The first-order valence-corrected chi connectivity index (χ1v) is 16.2. The Morgan fingerprint density at radius 2 is 1.24 bits per heavy atom. The molecule has 8 heteroatoms. The molecule has 3 aromatic rings. The lowest BCUT2D eigenvalue weighted by atomic mass is 10.0. The molecule has 0 spiro atoms. The molecule has 7 nitrogen and oxygen atoms in total. The fourth-order valence-electron chi connectivity index (χ4n) is 4.94. The maximum atomic E-state index is 12.3. The van der Waals surface area contributed by atoms with Gasteiger partial charge in [0.15, 0.2) is 0 Å². The lowest BCUT2D eigenvalue weighted by Crippen LogP contribution is -2.41. The van der Waals surface area contributed by atoms with Crippen molar-refractivity contribution in [1.29, 1.82) is 0 Å². The van der Waals surface area contributed by atoms with Gasteiger partial charge in [-0.2, -0.15) is 0 Å². The van der Waals surface area contributed by atoms with E-state index in [0.29, 0.717) is 12.0 Å². The summed E-state index contributed by atoms with van der Waals surface area (Å²) in [6, 6.07) is 26.4. The molecular weight excluding hydrogens is 535 g/mol. The highest BCUT2D eigenvalue weighted by atomic mass is 31.1. The molecular formula is C33H43N2O5P. The molecule has 0 radical (unpaired) electrons. The summed E-state index contributed by atoms with van der Waals surface area (Å²) in [6.45, 7) is -0.427. The number of unbranched alkanes of at least 4 members (excludes halogenated alkanes) is 8. The third kappa shape index (κ3) is 11.3. The second-order valence-corrected chi connectivity index (χ2v) is 12.7. The Morgan fingerprint density at radius 1 is 0.756 bits per heavy atom. The maximum Gasteiger partial charge on any atom is 0.269 e. The predicted molar refractivity (Wildman–Crippen MR) is 167 cm³/mol. The van der Waals surface area contributed by atoms with Crippen molar-refractivity contribution in [3.63, 3.8) is 0 Å². The normalized spacial score (nSPS) is 12.7. The number of amides is 1. The summed E-state index contributed by atoms with van der Waals surface area (Å²) in [4.78, 5) is 22.6. The highest BCUT2D eigenvalue weighted by Gasteiger charge is 2.22. The van der Waals surface area contributed by atoms with Gasteiger partial charge in [-0.3, -0.25) is 14.9 Å². The quantitative estimate of drug-likeness (QED) is 0.0685. The summed E-state index contributed by atoms with van der Waals surface area (Å²) in [5.74, 6) is -0.212. The van der Waals surface area contributed by atoms with Gasteiger partial charge in [0.05, 0.1) is 17.6 Å². The number of aliphatic hydroxyl groups is 2. The second kappa shape index (κ2) is 18.3. The SMILES string of the molecule is O=C(CCCCCCCCCCCP(c1ccccc1)c1ccccc1)NC(CO)C(O)c1ccc([N+](=O)[O-])cc1. The number of aliphatic hydroxyl groups excluding tert-OH is 2. The Labute approximate surface area is 244 Å². The first kappa shape index (κ1) is 32.4. The number of hydrogen-bond acceptors (Lipinski definition) is 5. The van der Waals surface area contributed by atoms with Crippen LogP contribution >= 0.6 is 7.92 Å². The average Bonchev–Trinajstić information content (AvgIpc) is 3.01. The Hall–Kier alpha value is -3.12. The predicted octanol–water partition coefficient (Wildman–Crippen LogP) is 6.14. The number of nitrogens with one attached hydrogen (secondary N) is 1. The van der Waals surface area contributed by atoms with Gasteiger partial charge in [0.2, 0.25) is 5.91 Å². The molecule has 0 aliphatic rings. The topological polar surface area (TPSA) is 113 Å². The van der Waals surface area contributed by atoms with Crippen LogP contribution in [0.5, 0.6) is 0 Å². The lowest BCUT2D eigenvalue weighted by Gasteiger charge is -2.22. The zero-order valence-electron chi connectivity index (χ0n) is 23.7. The van der Waals surface area contributed by atoms with E-state index in [4.69, 9.17) is 0 Å². The van der Waals surface area contributed by atoms with Crippen LogP contribution in [0.2, 0.25) is 0 Å². The van der Waals surface area contributed by atoms with Crippen molar-refractivity contribution in [2.75, 3.05) is 12.8 Å². The molecule has 0 aliphatic carbocycles. The van der Waals surface area contributed by atoms with Gasteiger partial charge in [-0.25, -0.2) is 0 Å². The Bertz CT molecular complexity index is 1120. The van der Waals surface area contributed by atoms with Crippen LogP contribution in [-0.2, 0) is 4.79 Å². The van der Waals surface area contributed by atoms with Gasteiger partial charge < -0.3 is 15.5 Å². The smallest absolute Gasteiger partial charge is 0.269 e. The van der Waals surface area contributed by atoms with E-state index >= 15 is 0 Å². The van der Waals surface area contributed by atoms with Crippen LogP contribution < -0.4 is 15.9 Å². The molecule has 0 aliphatic heterocycles. The van der Waals surface area contributed by atoms with E-state index in [1.165, 1.54) is 79.6 Å². The molecule has 0 heterocycles. The highest BCUT2D eigenvalue weighted by molar-refractivity contribution is 7.73. The van der Waals surface area contributed by atoms with Crippen LogP contribution in [0, 0.1) is 10.1 Å². The van der Waals surface area contributed by atoms with Crippen LogP contribution in [0.4, 0.5) is 5.69 Å². The van der Waals surface area contributed by atoms with Crippen molar-refractivity contribution in [3.05, 3.63) is 101 Å².